The van der Waals surface area contributed by atoms with Crippen molar-refractivity contribution in [3.8, 4) is 0 Å². The van der Waals surface area contributed by atoms with Gasteiger partial charge in [0.1, 0.15) is 0 Å². The number of hydrogen-bond donors (Lipinski definition) is 2. The monoisotopic (exact) mass is 402 g/mol. The van der Waals surface area contributed by atoms with Gasteiger partial charge in [-0.3, -0.25) is 9.79 Å². The summed E-state index contributed by atoms with van der Waals surface area (Å²) in [6.07, 6.45) is 6.22. The average Bonchev–Trinajstić information content (AvgIpc) is 3.27. The molecule has 1 atom stereocenters. The van der Waals surface area contributed by atoms with E-state index in [1.165, 1.54) is 0 Å². The van der Waals surface area contributed by atoms with Crippen LogP contribution in [0.15, 0.2) is 29.3 Å². The van der Waals surface area contributed by atoms with Crippen molar-refractivity contribution in [2.75, 3.05) is 44.9 Å². The van der Waals surface area contributed by atoms with Gasteiger partial charge < -0.3 is 25.0 Å². The molecule has 0 radical (unpaired) electrons. The van der Waals surface area contributed by atoms with Crippen LogP contribution < -0.4 is 15.5 Å². The number of aliphatic imine (C=N–C) groups is 1. The molecule has 0 spiro atoms. The first-order valence-electron chi connectivity index (χ1n) is 10.8. The van der Waals surface area contributed by atoms with Crippen LogP contribution in [0.3, 0.4) is 0 Å². The van der Waals surface area contributed by atoms with E-state index >= 15 is 0 Å². The Hall–Kier alpha value is -2.12. The fourth-order valence-corrected chi connectivity index (χ4v) is 3.65. The lowest BCUT2D eigenvalue weighted by Crippen LogP contribution is -2.37. The van der Waals surface area contributed by atoms with Gasteiger partial charge in [-0.2, -0.15) is 0 Å². The number of guanidine groups is 1. The highest BCUT2D eigenvalue weighted by Gasteiger charge is 2.19. The zero-order chi connectivity index (χ0) is 20.3. The van der Waals surface area contributed by atoms with Crippen molar-refractivity contribution in [3.63, 3.8) is 0 Å². The number of rotatable bonds is 9. The lowest BCUT2D eigenvalue weighted by Gasteiger charge is -2.26. The minimum atomic E-state index is 0.228. The maximum atomic E-state index is 12.0. The van der Waals surface area contributed by atoms with E-state index < -0.39 is 0 Å². The van der Waals surface area contributed by atoms with E-state index in [0.717, 1.165) is 75.6 Å². The van der Waals surface area contributed by atoms with Gasteiger partial charge in [-0.25, -0.2) is 0 Å². The quantitative estimate of drug-likeness (QED) is 0.377. The zero-order valence-electron chi connectivity index (χ0n) is 17.5. The van der Waals surface area contributed by atoms with E-state index in [2.05, 4.69) is 27.8 Å². The van der Waals surface area contributed by atoms with E-state index in [1.54, 1.807) is 7.05 Å². The first kappa shape index (κ1) is 21.6. The minimum Gasteiger partial charge on any atom is -0.379 e. The Bertz CT molecular complexity index is 657. The number of ether oxygens (including phenoxy) is 2. The third-order valence-corrected chi connectivity index (χ3v) is 5.34. The maximum Gasteiger partial charge on any atom is 0.226 e. The van der Waals surface area contributed by atoms with E-state index in [4.69, 9.17) is 9.47 Å². The lowest BCUT2D eigenvalue weighted by molar-refractivity contribution is -0.119. The molecule has 2 saturated heterocycles. The van der Waals surface area contributed by atoms with Crippen molar-refractivity contribution in [2.45, 2.75) is 51.2 Å². The topological polar surface area (TPSA) is 75.2 Å². The number of anilines is 1. The molecule has 1 amide bonds. The van der Waals surface area contributed by atoms with Crippen molar-refractivity contribution in [1.82, 2.24) is 10.6 Å². The van der Waals surface area contributed by atoms with Gasteiger partial charge in [0, 0.05) is 52.0 Å². The molecule has 7 nitrogen and oxygen atoms in total. The summed E-state index contributed by atoms with van der Waals surface area (Å²) < 4.78 is 11.2. The second kappa shape index (κ2) is 11.8. The highest BCUT2D eigenvalue weighted by molar-refractivity contribution is 5.93. The van der Waals surface area contributed by atoms with Gasteiger partial charge >= 0.3 is 0 Å². The molecule has 3 rings (SSSR count). The molecule has 0 aromatic heterocycles. The smallest absolute Gasteiger partial charge is 0.226 e. The van der Waals surface area contributed by atoms with Gasteiger partial charge in [-0.1, -0.05) is 12.1 Å². The Kier molecular flexibility index (Phi) is 8.77. The molecular formula is C22H34N4O3. The van der Waals surface area contributed by atoms with E-state index in [9.17, 15) is 4.79 Å². The van der Waals surface area contributed by atoms with Gasteiger partial charge in [0.2, 0.25) is 5.91 Å². The average molecular weight is 403 g/mol. The fourth-order valence-electron chi connectivity index (χ4n) is 3.65. The van der Waals surface area contributed by atoms with E-state index in [1.807, 2.05) is 17.0 Å². The SMILES string of the molecule is CN=C(NCCCOCC1CCCO1)NCc1ccc(N2CCCCC2=O)cc1. The third-order valence-electron chi connectivity index (χ3n) is 5.34. The Labute approximate surface area is 173 Å². The normalized spacial score (nSPS) is 20.2. The first-order chi connectivity index (χ1) is 14.3. The Morgan fingerprint density at radius 1 is 1.24 bits per heavy atom. The highest BCUT2D eigenvalue weighted by Crippen LogP contribution is 2.21. The third kappa shape index (κ3) is 7.01. The van der Waals surface area contributed by atoms with Crippen LogP contribution in [-0.2, 0) is 20.8 Å². The summed E-state index contributed by atoms with van der Waals surface area (Å²) in [5.74, 6) is 1.01. The second-order valence-electron chi connectivity index (χ2n) is 7.58. The van der Waals surface area contributed by atoms with Crippen molar-refractivity contribution in [3.05, 3.63) is 29.8 Å². The molecule has 0 saturated carbocycles. The number of carbonyl (C=O) groups is 1. The van der Waals surface area contributed by atoms with E-state index in [0.29, 0.717) is 19.6 Å². The number of carbonyl (C=O) groups excluding carboxylic acids is 1. The molecule has 2 aliphatic rings. The maximum absolute atomic E-state index is 12.0. The number of hydrogen-bond acceptors (Lipinski definition) is 4. The van der Waals surface area contributed by atoms with Crippen LogP contribution in [0.25, 0.3) is 0 Å². The number of nitrogens with zero attached hydrogens (tertiary/aromatic N) is 2. The van der Waals surface area contributed by atoms with Crippen LogP contribution >= 0.6 is 0 Å². The Morgan fingerprint density at radius 3 is 2.83 bits per heavy atom. The number of piperidine rings is 1. The first-order valence-corrected chi connectivity index (χ1v) is 10.8. The van der Waals surface area contributed by atoms with Crippen LogP contribution in [0.1, 0.15) is 44.1 Å². The summed E-state index contributed by atoms with van der Waals surface area (Å²) in [7, 11) is 1.77. The largest absolute Gasteiger partial charge is 0.379 e. The van der Waals surface area contributed by atoms with Gasteiger partial charge in [-0.05, 0) is 49.8 Å². The summed E-state index contributed by atoms with van der Waals surface area (Å²) in [5, 5.41) is 6.64. The second-order valence-corrected chi connectivity index (χ2v) is 7.58. The summed E-state index contributed by atoms with van der Waals surface area (Å²) in [6.45, 7) is 4.61. The number of nitrogens with one attached hydrogen (secondary N) is 2. The molecule has 29 heavy (non-hydrogen) atoms. The van der Waals surface area contributed by atoms with Crippen molar-refractivity contribution >= 4 is 17.6 Å². The lowest BCUT2D eigenvalue weighted by atomic mass is 10.1. The molecule has 1 unspecified atom stereocenters. The van der Waals surface area contributed by atoms with Gasteiger partial charge in [0.15, 0.2) is 5.96 Å². The fraction of sp³-hybridized carbons (Fsp3) is 0.636. The van der Waals surface area contributed by atoms with Crippen molar-refractivity contribution in [1.29, 1.82) is 0 Å². The number of amides is 1. The van der Waals surface area contributed by atoms with Gasteiger partial charge in [-0.15, -0.1) is 0 Å². The summed E-state index contributed by atoms with van der Waals surface area (Å²) >= 11 is 0. The summed E-state index contributed by atoms with van der Waals surface area (Å²) in [5.41, 5.74) is 2.14. The molecule has 2 aliphatic heterocycles. The highest BCUT2D eigenvalue weighted by atomic mass is 16.5. The van der Waals surface area contributed by atoms with Crippen LogP contribution in [0, 0.1) is 0 Å². The zero-order valence-corrected chi connectivity index (χ0v) is 17.5. The van der Waals surface area contributed by atoms with Crippen molar-refractivity contribution in [2.24, 2.45) is 4.99 Å². The van der Waals surface area contributed by atoms with Gasteiger partial charge in [0.05, 0.1) is 12.7 Å². The van der Waals surface area contributed by atoms with Crippen LogP contribution in [0.4, 0.5) is 5.69 Å². The van der Waals surface area contributed by atoms with Crippen LogP contribution in [-0.4, -0.2) is 57.9 Å². The molecule has 0 bridgehead atoms. The molecule has 7 heteroatoms. The Balaban J connectivity index is 1.32. The molecule has 1 aromatic rings. The molecule has 2 heterocycles. The number of benzene rings is 1. The standard InChI is InChI=1S/C22H34N4O3/c1-23-22(24-12-5-14-28-17-20-6-4-15-29-20)25-16-18-8-10-19(11-9-18)26-13-3-2-7-21(26)27/h8-11,20H,2-7,12-17H2,1H3,(H2,23,24,25). The van der Waals surface area contributed by atoms with Crippen LogP contribution in [0.2, 0.25) is 0 Å². The van der Waals surface area contributed by atoms with Crippen LogP contribution in [0.5, 0.6) is 0 Å². The van der Waals surface area contributed by atoms with Gasteiger partial charge in [0.25, 0.3) is 0 Å². The summed E-state index contributed by atoms with van der Waals surface area (Å²) in [4.78, 5) is 18.2. The molecule has 2 N–H and O–H groups in total. The molecular weight excluding hydrogens is 368 g/mol. The van der Waals surface area contributed by atoms with Crippen molar-refractivity contribution < 1.29 is 14.3 Å². The summed E-state index contributed by atoms with van der Waals surface area (Å²) in [6, 6.07) is 8.19. The molecule has 0 aliphatic carbocycles. The van der Waals surface area contributed by atoms with E-state index in [-0.39, 0.29) is 12.0 Å². The minimum absolute atomic E-state index is 0.228. The predicted molar refractivity (Wildman–Crippen MR) is 115 cm³/mol. The molecule has 160 valence electrons. The molecule has 1 aromatic carbocycles. The Morgan fingerprint density at radius 2 is 2.10 bits per heavy atom. The predicted octanol–water partition coefficient (Wildman–Crippen LogP) is 2.45. The molecule has 2 fully saturated rings.